The molecule has 1 N–H and O–H groups in total. The number of aromatic nitrogens is 4. The lowest BCUT2D eigenvalue weighted by molar-refractivity contribution is 0.0574. The number of aliphatic hydroxyl groups is 1. The molecule has 1 aliphatic heterocycles. The van der Waals surface area contributed by atoms with E-state index < -0.39 is 5.60 Å². The summed E-state index contributed by atoms with van der Waals surface area (Å²) in [5.41, 5.74) is 0.200. The van der Waals surface area contributed by atoms with Gasteiger partial charge in [-0.1, -0.05) is 32.0 Å². The Kier molecular flexibility index (Phi) is 5.26. The lowest BCUT2D eigenvalue weighted by atomic mass is 9.89. The van der Waals surface area contributed by atoms with E-state index in [1.165, 1.54) is 12.4 Å². The molecular formula is C23H27N5O3. The van der Waals surface area contributed by atoms with Crippen LogP contribution in [-0.4, -0.2) is 44.8 Å². The molecule has 1 aliphatic rings. The number of nitrogens with zero attached hydrogens (tertiary/aromatic N) is 5. The van der Waals surface area contributed by atoms with Gasteiger partial charge >= 0.3 is 0 Å². The quantitative estimate of drug-likeness (QED) is 0.676. The Morgan fingerprint density at radius 2 is 1.97 bits per heavy atom. The number of hydrogen-bond donors (Lipinski definition) is 1. The Hall–Kier alpha value is -3.26. The van der Waals surface area contributed by atoms with Gasteiger partial charge in [-0.3, -0.25) is 9.36 Å². The third-order valence-corrected chi connectivity index (χ3v) is 5.51. The fourth-order valence-electron chi connectivity index (χ4n) is 4.20. The van der Waals surface area contributed by atoms with E-state index in [0.717, 1.165) is 0 Å². The topological polar surface area (TPSA) is 93.4 Å². The normalized spacial score (nSPS) is 17.0. The zero-order valence-corrected chi connectivity index (χ0v) is 18.2. The largest absolute Gasteiger partial charge is 0.496 e. The smallest absolute Gasteiger partial charge is 0.255 e. The van der Waals surface area contributed by atoms with Gasteiger partial charge in [0.2, 0.25) is 5.95 Å². The lowest BCUT2D eigenvalue weighted by Gasteiger charge is -2.43. The first-order valence-corrected chi connectivity index (χ1v) is 10.2. The van der Waals surface area contributed by atoms with E-state index in [4.69, 9.17) is 9.72 Å². The van der Waals surface area contributed by atoms with Crippen LogP contribution in [0.25, 0.3) is 11.4 Å². The van der Waals surface area contributed by atoms with Crippen LogP contribution in [0.1, 0.15) is 26.3 Å². The van der Waals surface area contributed by atoms with E-state index in [1.807, 2.05) is 29.2 Å². The molecule has 1 aromatic carbocycles. The average Bonchev–Trinajstić information content (AvgIpc) is 2.74. The summed E-state index contributed by atoms with van der Waals surface area (Å²) in [6.45, 7) is 7.39. The van der Waals surface area contributed by atoms with Crippen LogP contribution >= 0.6 is 0 Å². The maximum absolute atomic E-state index is 13.0. The molecule has 0 bridgehead atoms. The van der Waals surface area contributed by atoms with Crippen molar-refractivity contribution >= 4 is 5.95 Å². The van der Waals surface area contributed by atoms with Crippen molar-refractivity contribution in [3.63, 3.8) is 0 Å². The second kappa shape index (κ2) is 7.77. The summed E-state index contributed by atoms with van der Waals surface area (Å²) in [5, 5.41) is 11.4. The Morgan fingerprint density at radius 3 is 2.68 bits per heavy atom. The maximum Gasteiger partial charge on any atom is 0.255 e. The van der Waals surface area contributed by atoms with Crippen LogP contribution in [0.3, 0.4) is 0 Å². The second-order valence-corrected chi connectivity index (χ2v) is 8.95. The Labute approximate surface area is 181 Å². The predicted molar refractivity (Wildman–Crippen MR) is 118 cm³/mol. The molecular weight excluding hydrogens is 394 g/mol. The van der Waals surface area contributed by atoms with Crippen LogP contribution in [0.2, 0.25) is 0 Å². The van der Waals surface area contributed by atoms with Crippen molar-refractivity contribution in [2.75, 3.05) is 25.1 Å². The molecule has 1 atom stereocenters. The lowest BCUT2D eigenvalue weighted by Crippen LogP contribution is -2.51. The summed E-state index contributed by atoms with van der Waals surface area (Å²) in [5.74, 6) is 1.14. The van der Waals surface area contributed by atoms with Crippen molar-refractivity contribution in [2.45, 2.75) is 32.9 Å². The highest BCUT2D eigenvalue weighted by Gasteiger charge is 2.37. The monoisotopic (exact) mass is 421 g/mol. The summed E-state index contributed by atoms with van der Waals surface area (Å²) < 4.78 is 7.14. The molecule has 1 unspecified atom stereocenters. The van der Waals surface area contributed by atoms with Gasteiger partial charge in [0.05, 0.1) is 25.0 Å². The number of β-amino-alcohol motifs (C(OH)–C–C–N with tert-alkyl or cyclic N) is 1. The molecule has 2 aromatic heterocycles. The van der Waals surface area contributed by atoms with Gasteiger partial charge in [-0.2, -0.15) is 0 Å². The molecule has 0 aliphatic carbocycles. The molecule has 0 saturated heterocycles. The number of fused-ring (bicyclic) bond motifs is 1. The molecule has 8 heteroatoms. The van der Waals surface area contributed by atoms with Crippen molar-refractivity contribution in [3.8, 4) is 17.1 Å². The summed E-state index contributed by atoms with van der Waals surface area (Å²) >= 11 is 0. The van der Waals surface area contributed by atoms with Crippen molar-refractivity contribution < 1.29 is 9.84 Å². The number of para-hydroxylation sites is 1. The van der Waals surface area contributed by atoms with Gasteiger partial charge in [0, 0.05) is 36.3 Å². The number of anilines is 1. The van der Waals surface area contributed by atoms with Crippen LogP contribution in [-0.2, 0) is 12.1 Å². The molecule has 31 heavy (non-hydrogen) atoms. The molecule has 0 amide bonds. The third kappa shape index (κ3) is 4.16. The van der Waals surface area contributed by atoms with Gasteiger partial charge in [-0.25, -0.2) is 15.0 Å². The molecule has 0 spiro atoms. The van der Waals surface area contributed by atoms with E-state index in [2.05, 4.69) is 23.8 Å². The minimum Gasteiger partial charge on any atom is -0.496 e. The third-order valence-electron chi connectivity index (χ3n) is 5.51. The van der Waals surface area contributed by atoms with Crippen LogP contribution < -0.4 is 15.2 Å². The highest BCUT2D eigenvalue weighted by molar-refractivity contribution is 5.55. The summed E-state index contributed by atoms with van der Waals surface area (Å²) in [4.78, 5) is 27.9. The van der Waals surface area contributed by atoms with Crippen molar-refractivity contribution in [1.29, 1.82) is 0 Å². The Morgan fingerprint density at radius 1 is 1.19 bits per heavy atom. The molecule has 3 heterocycles. The molecule has 0 fully saturated rings. The fraction of sp³-hybridized carbons (Fsp3) is 0.391. The van der Waals surface area contributed by atoms with Gasteiger partial charge in [0.1, 0.15) is 17.7 Å². The van der Waals surface area contributed by atoms with E-state index in [1.54, 1.807) is 30.9 Å². The molecule has 162 valence electrons. The number of hydrogen-bond acceptors (Lipinski definition) is 7. The number of methoxy groups -OCH3 is 1. The minimum absolute atomic E-state index is 0.145. The van der Waals surface area contributed by atoms with E-state index in [0.29, 0.717) is 41.7 Å². The molecule has 0 radical (unpaired) electrons. The van der Waals surface area contributed by atoms with Gasteiger partial charge in [-0.05, 0) is 19.1 Å². The number of rotatable bonds is 5. The van der Waals surface area contributed by atoms with E-state index in [-0.39, 0.29) is 17.5 Å². The standard InChI is InChI=1S/C23H27N5O3/c1-22(2)12-27(14-23(3,30)16-7-5-6-8-19(16)31-4)21-26-18(11-20(29)28(21)13-22)17-9-10-24-15-25-17/h5-11,15,30H,12-14H2,1-4H3. The van der Waals surface area contributed by atoms with Crippen molar-refractivity contribution in [2.24, 2.45) is 5.41 Å². The zero-order valence-electron chi connectivity index (χ0n) is 18.2. The Balaban J connectivity index is 1.79. The van der Waals surface area contributed by atoms with Gasteiger partial charge < -0.3 is 14.7 Å². The first-order valence-electron chi connectivity index (χ1n) is 10.2. The molecule has 3 aromatic rings. The van der Waals surface area contributed by atoms with E-state index >= 15 is 0 Å². The SMILES string of the molecule is COc1ccccc1C(C)(O)CN1CC(C)(C)Cn2c1nc(-c1ccncn1)cc2=O. The highest BCUT2D eigenvalue weighted by atomic mass is 16.5. The van der Waals surface area contributed by atoms with Crippen LogP contribution in [0, 0.1) is 5.41 Å². The second-order valence-electron chi connectivity index (χ2n) is 8.95. The number of benzene rings is 1. The molecule has 4 rings (SSSR count). The fourth-order valence-corrected chi connectivity index (χ4v) is 4.20. The van der Waals surface area contributed by atoms with Crippen molar-refractivity contribution in [1.82, 2.24) is 19.5 Å². The van der Waals surface area contributed by atoms with Gasteiger partial charge in [0.15, 0.2) is 0 Å². The van der Waals surface area contributed by atoms with Crippen LogP contribution in [0.15, 0.2) is 53.7 Å². The summed E-state index contributed by atoms with van der Waals surface area (Å²) in [6.07, 6.45) is 3.05. The highest BCUT2D eigenvalue weighted by Crippen LogP contribution is 2.35. The van der Waals surface area contributed by atoms with Crippen molar-refractivity contribution in [3.05, 3.63) is 64.8 Å². The maximum atomic E-state index is 13.0. The average molecular weight is 422 g/mol. The number of ether oxygens (including phenoxy) is 1. The minimum atomic E-state index is -1.23. The van der Waals surface area contributed by atoms with Crippen LogP contribution in [0.5, 0.6) is 5.75 Å². The predicted octanol–water partition coefficient (Wildman–Crippen LogP) is 2.46. The first-order chi connectivity index (χ1) is 14.7. The molecule has 8 nitrogen and oxygen atoms in total. The molecule has 0 saturated carbocycles. The van der Waals surface area contributed by atoms with E-state index in [9.17, 15) is 9.90 Å². The van der Waals surface area contributed by atoms with Gasteiger partial charge in [0.25, 0.3) is 5.56 Å². The Bertz CT molecular complexity index is 1140. The first kappa shape index (κ1) is 21.0. The van der Waals surface area contributed by atoms with Crippen LogP contribution in [0.4, 0.5) is 5.95 Å². The van der Waals surface area contributed by atoms with Gasteiger partial charge in [-0.15, -0.1) is 0 Å². The zero-order chi connectivity index (χ0) is 22.2. The summed E-state index contributed by atoms with van der Waals surface area (Å²) in [6, 6.07) is 10.6. The summed E-state index contributed by atoms with van der Waals surface area (Å²) in [7, 11) is 1.59.